The van der Waals surface area contributed by atoms with Crippen LogP contribution in [0.1, 0.15) is 13.8 Å². The molecule has 0 aliphatic heterocycles. The Morgan fingerprint density at radius 2 is 2.27 bits per heavy atom. The van der Waals surface area contributed by atoms with E-state index in [4.69, 9.17) is 17.3 Å². The molecule has 0 bridgehead atoms. The van der Waals surface area contributed by atoms with Gasteiger partial charge in [0.1, 0.15) is 5.15 Å². The zero-order valence-electron chi connectivity index (χ0n) is 9.20. The molecule has 0 spiro atoms. The lowest BCUT2D eigenvalue weighted by atomic mass is 9.96. The van der Waals surface area contributed by atoms with E-state index in [1.807, 2.05) is 12.1 Å². The lowest BCUT2D eigenvalue weighted by molar-refractivity contribution is 0.413. The number of anilines is 1. The molecule has 1 rings (SSSR count). The average Bonchev–Trinajstić information content (AvgIpc) is 2.18. The number of hydrogen-bond donors (Lipinski definition) is 2. The molecule has 0 amide bonds. The van der Waals surface area contributed by atoms with Crippen LogP contribution < -0.4 is 11.1 Å². The number of nitrogens with zero attached hydrogens (tertiary/aromatic N) is 1. The summed E-state index contributed by atoms with van der Waals surface area (Å²) in [4.78, 5) is 3.92. The van der Waals surface area contributed by atoms with Gasteiger partial charge in [-0.05, 0) is 30.5 Å². The number of pyridine rings is 1. The fourth-order valence-corrected chi connectivity index (χ4v) is 1.53. The van der Waals surface area contributed by atoms with Crippen molar-refractivity contribution < 1.29 is 0 Å². The van der Waals surface area contributed by atoms with E-state index in [-0.39, 0.29) is 0 Å². The molecule has 0 saturated carbocycles. The maximum Gasteiger partial charge on any atom is 0.131 e. The van der Waals surface area contributed by atoms with Gasteiger partial charge in [0.2, 0.25) is 0 Å². The van der Waals surface area contributed by atoms with Gasteiger partial charge in [-0.15, -0.1) is 0 Å². The largest absolute Gasteiger partial charge is 0.385 e. The molecule has 0 aromatic carbocycles. The van der Waals surface area contributed by atoms with Crippen LogP contribution in [0.5, 0.6) is 0 Å². The number of nitrogens with two attached hydrogens (primary N) is 1. The molecule has 4 heteroatoms. The molecule has 1 heterocycles. The molecule has 3 nitrogen and oxygen atoms in total. The third-order valence-corrected chi connectivity index (χ3v) is 2.75. The number of aromatic nitrogens is 1. The highest BCUT2D eigenvalue weighted by atomic mass is 35.5. The molecule has 15 heavy (non-hydrogen) atoms. The molecule has 0 saturated heterocycles. The van der Waals surface area contributed by atoms with E-state index in [0.29, 0.717) is 23.5 Å². The summed E-state index contributed by atoms with van der Waals surface area (Å²) in [5, 5.41) is 3.82. The first-order chi connectivity index (χ1) is 7.13. The summed E-state index contributed by atoms with van der Waals surface area (Å²) in [5.41, 5.74) is 6.68. The van der Waals surface area contributed by atoms with Gasteiger partial charge in [0.05, 0.1) is 0 Å². The molecule has 1 unspecified atom stereocenters. The quantitative estimate of drug-likeness (QED) is 0.760. The summed E-state index contributed by atoms with van der Waals surface area (Å²) in [6.07, 6.45) is 1.69. The van der Waals surface area contributed by atoms with Crippen LogP contribution in [0.4, 0.5) is 5.69 Å². The second kappa shape index (κ2) is 5.93. The second-order valence-electron chi connectivity index (χ2n) is 3.99. The number of hydrogen-bond acceptors (Lipinski definition) is 3. The summed E-state index contributed by atoms with van der Waals surface area (Å²) in [6, 6.07) is 3.72. The predicted molar refractivity (Wildman–Crippen MR) is 65.1 cm³/mol. The Morgan fingerprint density at radius 3 is 2.80 bits per heavy atom. The maximum atomic E-state index is 5.78. The Labute approximate surface area is 96.0 Å². The van der Waals surface area contributed by atoms with E-state index in [1.54, 1.807) is 6.20 Å². The number of nitrogens with one attached hydrogen (secondary N) is 1. The zero-order chi connectivity index (χ0) is 11.3. The molecule has 3 N–H and O–H groups in total. The molecule has 0 fully saturated rings. The van der Waals surface area contributed by atoms with Gasteiger partial charge < -0.3 is 11.1 Å². The van der Waals surface area contributed by atoms with Gasteiger partial charge in [-0.1, -0.05) is 25.4 Å². The Balaban J connectivity index is 2.49. The van der Waals surface area contributed by atoms with Crippen molar-refractivity contribution in [2.45, 2.75) is 13.8 Å². The minimum Gasteiger partial charge on any atom is -0.385 e. The van der Waals surface area contributed by atoms with Crippen LogP contribution in [-0.4, -0.2) is 18.1 Å². The van der Waals surface area contributed by atoms with Crippen LogP contribution in [0.25, 0.3) is 0 Å². The Morgan fingerprint density at radius 1 is 1.53 bits per heavy atom. The molecule has 1 aromatic heterocycles. The molecule has 1 aromatic rings. The lowest BCUT2D eigenvalue weighted by Crippen LogP contribution is -2.27. The van der Waals surface area contributed by atoms with Crippen molar-refractivity contribution in [3.63, 3.8) is 0 Å². The van der Waals surface area contributed by atoms with E-state index in [2.05, 4.69) is 24.1 Å². The predicted octanol–water partition coefficient (Wildman–Crippen LogP) is 2.38. The molecule has 0 radical (unpaired) electrons. The summed E-state index contributed by atoms with van der Waals surface area (Å²) in [5.74, 6) is 1.07. The van der Waals surface area contributed by atoms with Crippen molar-refractivity contribution in [2.75, 3.05) is 18.4 Å². The van der Waals surface area contributed by atoms with Gasteiger partial charge in [-0.2, -0.15) is 0 Å². The molecular weight excluding hydrogens is 210 g/mol. The molecule has 0 aliphatic carbocycles. The van der Waals surface area contributed by atoms with E-state index in [0.717, 1.165) is 12.2 Å². The average molecular weight is 228 g/mol. The van der Waals surface area contributed by atoms with Crippen molar-refractivity contribution in [1.82, 2.24) is 4.98 Å². The number of rotatable bonds is 5. The first kappa shape index (κ1) is 12.3. The maximum absolute atomic E-state index is 5.78. The summed E-state index contributed by atoms with van der Waals surface area (Å²) in [7, 11) is 0. The SMILES string of the molecule is CC(C)C(CN)CNc1ccnc(Cl)c1. The molecule has 0 aliphatic rings. The molecular formula is C11H18ClN3. The highest BCUT2D eigenvalue weighted by Gasteiger charge is 2.10. The third-order valence-electron chi connectivity index (χ3n) is 2.54. The summed E-state index contributed by atoms with van der Waals surface area (Å²) in [6.45, 7) is 5.93. The minimum atomic E-state index is 0.483. The van der Waals surface area contributed by atoms with Crippen molar-refractivity contribution in [3.8, 4) is 0 Å². The van der Waals surface area contributed by atoms with Gasteiger partial charge in [0.15, 0.2) is 0 Å². The van der Waals surface area contributed by atoms with Crippen molar-refractivity contribution in [2.24, 2.45) is 17.6 Å². The monoisotopic (exact) mass is 227 g/mol. The smallest absolute Gasteiger partial charge is 0.131 e. The third kappa shape index (κ3) is 4.06. The van der Waals surface area contributed by atoms with E-state index < -0.39 is 0 Å². The minimum absolute atomic E-state index is 0.483. The first-order valence-corrected chi connectivity index (χ1v) is 5.56. The highest BCUT2D eigenvalue weighted by molar-refractivity contribution is 6.29. The van der Waals surface area contributed by atoms with Crippen LogP contribution in [0.2, 0.25) is 5.15 Å². The van der Waals surface area contributed by atoms with Crippen LogP contribution in [0.15, 0.2) is 18.3 Å². The fraction of sp³-hybridized carbons (Fsp3) is 0.545. The Kier molecular flexibility index (Phi) is 4.85. The van der Waals surface area contributed by atoms with Gasteiger partial charge >= 0.3 is 0 Å². The first-order valence-electron chi connectivity index (χ1n) is 5.19. The highest BCUT2D eigenvalue weighted by Crippen LogP contribution is 2.14. The van der Waals surface area contributed by atoms with Crippen LogP contribution in [0, 0.1) is 11.8 Å². The van der Waals surface area contributed by atoms with E-state index in [9.17, 15) is 0 Å². The lowest BCUT2D eigenvalue weighted by Gasteiger charge is -2.19. The van der Waals surface area contributed by atoms with Crippen molar-refractivity contribution in [1.29, 1.82) is 0 Å². The van der Waals surface area contributed by atoms with Gasteiger partial charge in [-0.3, -0.25) is 0 Å². The normalized spacial score (nSPS) is 12.9. The summed E-state index contributed by atoms with van der Waals surface area (Å²) < 4.78 is 0. The van der Waals surface area contributed by atoms with E-state index in [1.165, 1.54) is 0 Å². The van der Waals surface area contributed by atoms with E-state index >= 15 is 0 Å². The zero-order valence-corrected chi connectivity index (χ0v) is 9.96. The van der Waals surface area contributed by atoms with Crippen LogP contribution in [-0.2, 0) is 0 Å². The Hall–Kier alpha value is -0.800. The Bertz CT molecular complexity index is 302. The standard InChI is InChI=1S/C11H18ClN3/c1-8(2)9(6-13)7-15-10-3-4-14-11(12)5-10/h3-5,8-9H,6-7,13H2,1-2H3,(H,14,15). The van der Waals surface area contributed by atoms with Gasteiger partial charge in [0, 0.05) is 18.4 Å². The van der Waals surface area contributed by atoms with Gasteiger partial charge in [-0.25, -0.2) is 4.98 Å². The van der Waals surface area contributed by atoms with Crippen molar-refractivity contribution >= 4 is 17.3 Å². The van der Waals surface area contributed by atoms with Crippen LogP contribution >= 0.6 is 11.6 Å². The van der Waals surface area contributed by atoms with Gasteiger partial charge in [0.25, 0.3) is 0 Å². The fourth-order valence-electron chi connectivity index (χ4n) is 1.35. The number of halogens is 1. The second-order valence-corrected chi connectivity index (χ2v) is 4.38. The van der Waals surface area contributed by atoms with Crippen molar-refractivity contribution in [3.05, 3.63) is 23.5 Å². The topological polar surface area (TPSA) is 50.9 Å². The van der Waals surface area contributed by atoms with Crippen LogP contribution in [0.3, 0.4) is 0 Å². The molecule has 84 valence electrons. The molecule has 1 atom stereocenters. The summed E-state index contributed by atoms with van der Waals surface area (Å²) >= 11 is 5.78.